The van der Waals surface area contributed by atoms with Crippen molar-refractivity contribution in [3.05, 3.63) is 10.6 Å². The van der Waals surface area contributed by atoms with Crippen LogP contribution in [0.4, 0.5) is 0 Å². The van der Waals surface area contributed by atoms with Gasteiger partial charge in [0.05, 0.1) is 28.9 Å². The highest BCUT2D eigenvalue weighted by Crippen LogP contribution is 2.44. The number of hydrogen-bond acceptors (Lipinski definition) is 4. The van der Waals surface area contributed by atoms with Crippen molar-refractivity contribution in [2.45, 2.75) is 32.4 Å². The molecule has 100 valence electrons. The highest BCUT2D eigenvalue weighted by Gasteiger charge is 2.57. The molecule has 2 heterocycles. The molecule has 4 unspecified atom stereocenters. The number of carboxylic acid groups (broad SMARTS) is 1. The number of carbonyl (C=O) groups is 2. The average Bonchev–Trinajstić information content (AvgIpc) is 2.62. The number of aliphatic hydroxyl groups excluding tert-OH is 1. The fourth-order valence-electron chi connectivity index (χ4n) is 2.61. The molecule has 0 aromatic rings. The molecular weight excluding hydrogens is 258 g/mol. The number of hydrogen-bond donors (Lipinski definition) is 2. The van der Waals surface area contributed by atoms with Crippen LogP contribution in [-0.2, 0) is 20.4 Å². The maximum atomic E-state index is 11.8. The third-order valence-electron chi connectivity index (χ3n) is 3.43. The van der Waals surface area contributed by atoms with Gasteiger partial charge in [-0.05, 0) is 6.92 Å². The first-order valence-electron chi connectivity index (χ1n) is 5.76. The standard InChI is InChI=1S/C11H15NO5S/c1-3-18(17)7-4-6-8(5(2)13)10(14)12(6)9(7)11(15)16/h5-6,8,13H,3-4H2,1-2H3,(H,15,16). The zero-order valence-corrected chi connectivity index (χ0v) is 10.9. The second-order valence-electron chi connectivity index (χ2n) is 4.46. The van der Waals surface area contributed by atoms with E-state index in [1.165, 1.54) is 11.8 Å². The summed E-state index contributed by atoms with van der Waals surface area (Å²) in [5, 5.41) is 18.7. The van der Waals surface area contributed by atoms with Crippen LogP contribution in [0, 0.1) is 5.92 Å². The van der Waals surface area contributed by atoms with E-state index in [0.717, 1.165) is 0 Å². The Labute approximate surface area is 107 Å². The summed E-state index contributed by atoms with van der Waals surface area (Å²) in [6, 6.07) is -0.353. The van der Waals surface area contributed by atoms with Crippen molar-refractivity contribution >= 4 is 22.7 Å². The summed E-state index contributed by atoms with van der Waals surface area (Å²) in [7, 11) is -1.37. The molecule has 2 aliphatic rings. The van der Waals surface area contributed by atoms with Gasteiger partial charge in [-0.1, -0.05) is 6.92 Å². The monoisotopic (exact) mass is 273 g/mol. The Morgan fingerprint density at radius 2 is 2.22 bits per heavy atom. The second-order valence-corrected chi connectivity index (χ2v) is 6.22. The van der Waals surface area contributed by atoms with Crippen LogP contribution in [0.2, 0.25) is 0 Å². The van der Waals surface area contributed by atoms with Gasteiger partial charge in [-0.3, -0.25) is 9.00 Å². The van der Waals surface area contributed by atoms with Crippen molar-refractivity contribution in [3.63, 3.8) is 0 Å². The summed E-state index contributed by atoms with van der Waals surface area (Å²) in [4.78, 5) is 24.5. The van der Waals surface area contributed by atoms with E-state index in [4.69, 9.17) is 5.11 Å². The summed E-state index contributed by atoms with van der Waals surface area (Å²) < 4.78 is 11.8. The van der Waals surface area contributed by atoms with Crippen molar-refractivity contribution in [3.8, 4) is 0 Å². The zero-order chi connectivity index (χ0) is 13.6. The third-order valence-corrected chi connectivity index (χ3v) is 4.86. The predicted octanol–water partition coefficient (Wildman–Crippen LogP) is -0.337. The minimum Gasteiger partial charge on any atom is -0.477 e. The molecule has 7 heteroatoms. The van der Waals surface area contributed by atoms with Crippen molar-refractivity contribution in [1.82, 2.24) is 4.90 Å². The van der Waals surface area contributed by atoms with Crippen LogP contribution in [-0.4, -0.2) is 49.1 Å². The van der Waals surface area contributed by atoms with Gasteiger partial charge in [0.25, 0.3) is 0 Å². The van der Waals surface area contributed by atoms with Gasteiger partial charge in [0.2, 0.25) is 5.91 Å². The first-order valence-corrected chi connectivity index (χ1v) is 7.08. The van der Waals surface area contributed by atoms with Crippen LogP contribution in [0.1, 0.15) is 20.3 Å². The molecule has 1 amide bonds. The minimum atomic E-state index is -1.37. The molecule has 2 rings (SSSR count). The molecule has 1 fully saturated rings. The number of carboxylic acids is 1. The summed E-state index contributed by atoms with van der Waals surface area (Å²) in [6.07, 6.45) is -0.535. The summed E-state index contributed by atoms with van der Waals surface area (Å²) in [5.74, 6) is -1.88. The van der Waals surface area contributed by atoms with Crippen LogP contribution in [0.3, 0.4) is 0 Å². The summed E-state index contributed by atoms with van der Waals surface area (Å²) >= 11 is 0. The molecule has 0 aromatic carbocycles. The van der Waals surface area contributed by atoms with Gasteiger partial charge in [-0.25, -0.2) is 4.79 Å². The number of amides is 1. The van der Waals surface area contributed by atoms with Crippen molar-refractivity contribution in [2.24, 2.45) is 5.92 Å². The van der Waals surface area contributed by atoms with Crippen molar-refractivity contribution in [2.75, 3.05) is 5.75 Å². The summed E-state index contributed by atoms with van der Waals surface area (Å²) in [6.45, 7) is 3.21. The number of β-lactam (4-membered cyclic amide) rings is 1. The number of nitrogens with zero attached hydrogens (tertiary/aromatic N) is 1. The third kappa shape index (κ3) is 1.69. The molecular formula is C11H15NO5S. The average molecular weight is 273 g/mol. The van der Waals surface area contributed by atoms with E-state index in [9.17, 15) is 18.9 Å². The number of fused-ring (bicyclic) bond motifs is 1. The molecule has 0 bridgehead atoms. The number of aliphatic hydroxyl groups is 1. The summed E-state index contributed by atoms with van der Waals surface area (Å²) in [5.41, 5.74) is -0.151. The van der Waals surface area contributed by atoms with E-state index in [0.29, 0.717) is 10.7 Å². The van der Waals surface area contributed by atoms with E-state index in [-0.39, 0.29) is 18.2 Å². The molecule has 0 radical (unpaired) electrons. The zero-order valence-electron chi connectivity index (χ0n) is 10.1. The number of carbonyl (C=O) groups excluding carboxylic acids is 1. The molecule has 0 aliphatic carbocycles. The lowest BCUT2D eigenvalue weighted by Crippen LogP contribution is -2.61. The fourth-order valence-corrected chi connectivity index (χ4v) is 3.71. The van der Waals surface area contributed by atoms with Gasteiger partial charge in [0.15, 0.2) is 0 Å². The molecule has 0 saturated carbocycles. The normalized spacial score (nSPS) is 29.9. The first kappa shape index (κ1) is 13.2. The lowest BCUT2D eigenvalue weighted by molar-refractivity contribution is -0.161. The molecule has 6 nitrogen and oxygen atoms in total. The molecule has 0 spiro atoms. The van der Waals surface area contributed by atoms with Gasteiger partial charge in [-0.2, -0.15) is 0 Å². The smallest absolute Gasteiger partial charge is 0.353 e. The van der Waals surface area contributed by atoms with Crippen LogP contribution in [0.15, 0.2) is 10.6 Å². The maximum absolute atomic E-state index is 11.8. The van der Waals surface area contributed by atoms with Crippen LogP contribution < -0.4 is 0 Å². The lowest BCUT2D eigenvalue weighted by Gasteiger charge is -2.44. The molecule has 0 aromatic heterocycles. The van der Waals surface area contributed by atoms with Gasteiger partial charge < -0.3 is 15.1 Å². The maximum Gasteiger partial charge on any atom is 0.353 e. The highest BCUT2D eigenvalue weighted by atomic mass is 32.2. The lowest BCUT2D eigenvalue weighted by atomic mass is 9.83. The Morgan fingerprint density at radius 3 is 2.67 bits per heavy atom. The largest absolute Gasteiger partial charge is 0.477 e. The number of rotatable bonds is 4. The van der Waals surface area contributed by atoms with E-state index in [1.807, 2.05) is 0 Å². The molecule has 18 heavy (non-hydrogen) atoms. The van der Waals surface area contributed by atoms with Gasteiger partial charge in [-0.15, -0.1) is 0 Å². The Bertz CT molecular complexity index is 470. The SMILES string of the molecule is CCS(=O)C1=C(C(=O)O)N2C(=O)C(C(C)O)C2C1. The van der Waals surface area contributed by atoms with Gasteiger partial charge in [0, 0.05) is 17.1 Å². The van der Waals surface area contributed by atoms with E-state index in [2.05, 4.69) is 0 Å². The topological polar surface area (TPSA) is 94.9 Å². The minimum absolute atomic E-state index is 0.151. The Kier molecular flexibility index (Phi) is 3.29. The fraction of sp³-hybridized carbons (Fsp3) is 0.636. The van der Waals surface area contributed by atoms with E-state index < -0.39 is 34.7 Å². The second kappa shape index (κ2) is 4.47. The predicted molar refractivity (Wildman–Crippen MR) is 63.8 cm³/mol. The van der Waals surface area contributed by atoms with E-state index >= 15 is 0 Å². The number of aliphatic carboxylic acids is 1. The highest BCUT2D eigenvalue weighted by molar-refractivity contribution is 7.89. The van der Waals surface area contributed by atoms with E-state index in [1.54, 1.807) is 6.92 Å². The first-order chi connectivity index (χ1) is 8.40. The molecule has 2 N–H and O–H groups in total. The molecule has 4 atom stereocenters. The van der Waals surface area contributed by atoms with Crippen LogP contribution >= 0.6 is 0 Å². The van der Waals surface area contributed by atoms with Crippen molar-refractivity contribution < 1.29 is 24.0 Å². The molecule has 1 saturated heterocycles. The quantitative estimate of drug-likeness (QED) is 0.683. The Hall–Kier alpha value is -1.21. The van der Waals surface area contributed by atoms with Crippen LogP contribution in [0.25, 0.3) is 0 Å². The van der Waals surface area contributed by atoms with Crippen molar-refractivity contribution in [1.29, 1.82) is 0 Å². The van der Waals surface area contributed by atoms with Gasteiger partial charge in [0.1, 0.15) is 5.70 Å². The van der Waals surface area contributed by atoms with Crippen LogP contribution in [0.5, 0.6) is 0 Å². The van der Waals surface area contributed by atoms with Gasteiger partial charge >= 0.3 is 5.97 Å². The Balaban J connectivity index is 2.36. The Morgan fingerprint density at radius 1 is 1.61 bits per heavy atom. The molecule has 2 aliphatic heterocycles.